The molecule has 0 atom stereocenters. The van der Waals surface area contributed by atoms with Crippen LogP contribution in [-0.2, 0) is 0 Å². The SMILES string of the molecule is c1ccc(N(c2ccccc2)c2nn[nH]n2)cc1. The van der Waals surface area contributed by atoms with E-state index in [0.29, 0.717) is 5.95 Å². The van der Waals surface area contributed by atoms with Crippen molar-refractivity contribution in [3.8, 4) is 0 Å². The molecule has 88 valence electrons. The van der Waals surface area contributed by atoms with Crippen molar-refractivity contribution in [1.82, 2.24) is 20.6 Å². The summed E-state index contributed by atoms with van der Waals surface area (Å²) in [6.07, 6.45) is 0. The van der Waals surface area contributed by atoms with Gasteiger partial charge in [-0.1, -0.05) is 41.5 Å². The van der Waals surface area contributed by atoms with Crippen molar-refractivity contribution in [2.75, 3.05) is 4.90 Å². The minimum atomic E-state index is 0.521. The van der Waals surface area contributed by atoms with Gasteiger partial charge in [-0.05, 0) is 29.5 Å². The Morgan fingerprint density at radius 1 is 0.778 bits per heavy atom. The van der Waals surface area contributed by atoms with Crippen LogP contribution < -0.4 is 4.90 Å². The predicted octanol–water partition coefficient (Wildman–Crippen LogP) is 2.67. The summed E-state index contributed by atoms with van der Waals surface area (Å²) in [4.78, 5) is 1.93. The minimum Gasteiger partial charge on any atom is -0.277 e. The zero-order valence-electron chi connectivity index (χ0n) is 9.56. The largest absolute Gasteiger partial charge is 0.277 e. The lowest BCUT2D eigenvalue weighted by molar-refractivity contribution is 0.881. The maximum Gasteiger partial charge on any atom is 0.274 e. The molecule has 0 aliphatic carbocycles. The van der Waals surface area contributed by atoms with Gasteiger partial charge in [-0.15, -0.1) is 5.10 Å². The third kappa shape index (κ3) is 1.93. The summed E-state index contributed by atoms with van der Waals surface area (Å²) in [6.45, 7) is 0. The average Bonchev–Trinajstić information content (AvgIpc) is 2.95. The molecule has 0 aliphatic rings. The molecular formula is C13H11N5. The van der Waals surface area contributed by atoms with Gasteiger partial charge in [0.1, 0.15) is 0 Å². The van der Waals surface area contributed by atoms with Crippen molar-refractivity contribution in [1.29, 1.82) is 0 Å². The van der Waals surface area contributed by atoms with Crippen LogP contribution in [0.1, 0.15) is 0 Å². The number of rotatable bonds is 3. The molecule has 0 radical (unpaired) electrons. The van der Waals surface area contributed by atoms with Crippen molar-refractivity contribution < 1.29 is 0 Å². The number of hydrogen-bond acceptors (Lipinski definition) is 4. The topological polar surface area (TPSA) is 57.7 Å². The van der Waals surface area contributed by atoms with Crippen LogP contribution in [-0.4, -0.2) is 20.6 Å². The Morgan fingerprint density at radius 3 is 1.78 bits per heavy atom. The summed E-state index contributed by atoms with van der Waals surface area (Å²) in [5.41, 5.74) is 1.98. The van der Waals surface area contributed by atoms with E-state index in [-0.39, 0.29) is 0 Å². The van der Waals surface area contributed by atoms with Gasteiger partial charge in [0.2, 0.25) is 0 Å². The van der Waals surface area contributed by atoms with Gasteiger partial charge in [0.25, 0.3) is 5.95 Å². The number of hydrogen-bond donors (Lipinski definition) is 1. The van der Waals surface area contributed by atoms with Crippen LogP contribution in [0.2, 0.25) is 0 Å². The Balaban J connectivity index is 2.11. The van der Waals surface area contributed by atoms with Crippen molar-refractivity contribution in [2.24, 2.45) is 0 Å². The lowest BCUT2D eigenvalue weighted by Gasteiger charge is -2.20. The lowest BCUT2D eigenvalue weighted by Crippen LogP contribution is -2.11. The molecule has 0 unspecified atom stereocenters. The molecule has 5 nitrogen and oxygen atoms in total. The number of nitrogens with zero attached hydrogens (tertiary/aromatic N) is 4. The van der Waals surface area contributed by atoms with Crippen molar-refractivity contribution in [2.45, 2.75) is 0 Å². The van der Waals surface area contributed by atoms with E-state index in [4.69, 9.17) is 0 Å². The molecule has 18 heavy (non-hydrogen) atoms. The first kappa shape index (κ1) is 10.5. The summed E-state index contributed by atoms with van der Waals surface area (Å²) in [7, 11) is 0. The molecule has 0 amide bonds. The molecular weight excluding hydrogens is 226 g/mol. The van der Waals surface area contributed by atoms with E-state index in [1.54, 1.807) is 0 Å². The summed E-state index contributed by atoms with van der Waals surface area (Å²) in [5, 5.41) is 14.2. The first-order valence-corrected chi connectivity index (χ1v) is 5.59. The van der Waals surface area contributed by atoms with Gasteiger partial charge in [0, 0.05) is 11.4 Å². The van der Waals surface area contributed by atoms with Crippen LogP contribution in [0.5, 0.6) is 0 Å². The van der Waals surface area contributed by atoms with E-state index < -0.39 is 0 Å². The second kappa shape index (κ2) is 4.67. The molecule has 0 saturated carbocycles. The van der Waals surface area contributed by atoms with Crippen molar-refractivity contribution in [3.63, 3.8) is 0 Å². The van der Waals surface area contributed by atoms with Gasteiger partial charge in [-0.25, -0.2) is 0 Å². The maximum atomic E-state index is 4.05. The molecule has 0 bridgehead atoms. The summed E-state index contributed by atoms with van der Waals surface area (Å²) in [5.74, 6) is 0.521. The van der Waals surface area contributed by atoms with Gasteiger partial charge in [0.05, 0.1) is 0 Å². The van der Waals surface area contributed by atoms with Crippen LogP contribution in [0.3, 0.4) is 0 Å². The molecule has 0 fully saturated rings. The van der Waals surface area contributed by atoms with Gasteiger partial charge < -0.3 is 0 Å². The quantitative estimate of drug-likeness (QED) is 0.760. The van der Waals surface area contributed by atoms with Crippen molar-refractivity contribution in [3.05, 3.63) is 60.7 Å². The molecule has 1 N–H and O–H groups in total. The van der Waals surface area contributed by atoms with Crippen molar-refractivity contribution >= 4 is 17.3 Å². The lowest BCUT2D eigenvalue weighted by atomic mass is 10.2. The van der Waals surface area contributed by atoms with E-state index in [0.717, 1.165) is 11.4 Å². The Hall–Kier alpha value is -2.69. The number of H-pyrrole nitrogens is 1. The fourth-order valence-electron chi connectivity index (χ4n) is 1.79. The van der Waals surface area contributed by atoms with Crippen LogP contribution in [0, 0.1) is 0 Å². The van der Waals surface area contributed by atoms with Gasteiger partial charge in [-0.3, -0.25) is 4.90 Å². The first-order chi connectivity index (χ1) is 8.95. The maximum absolute atomic E-state index is 4.05. The van der Waals surface area contributed by atoms with Crippen LogP contribution >= 0.6 is 0 Å². The third-order valence-corrected chi connectivity index (χ3v) is 2.56. The first-order valence-electron chi connectivity index (χ1n) is 5.59. The number of nitrogens with one attached hydrogen (secondary N) is 1. The van der Waals surface area contributed by atoms with E-state index in [9.17, 15) is 0 Å². The molecule has 2 aromatic carbocycles. The number of aromatic nitrogens is 4. The zero-order valence-corrected chi connectivity index (χ0v) is 9.56. The van der Waals surface area contributed by atoms with E-state index >= 15 is 0 Å². The van der Waals surface area contributed by atoms with Gasteiger partial charge >= 0.3 is 0 Å². The summed E-state index contributed by atoms with van der Waals surface area (Å²) >= 11 is 0. The summed E-state index contributed by atoms with van der Waals surface area (Å²) in [6, 6.07) is 19.9. The average molecular weight is 237 g/mol. The van der Waals surface area contributed by atoms with Gasteiger partial charge in [0.15, 0.2) is 0 Å². The second-order valence-corrected chi connectivity index (χ2v) is 3.72. The molecule has 0 saturated heterocycles. The van der Waals surface area contributed by atoms with E-state index in [2.05, 4.69) is 20.6 Å². The molecule has 3 rings (SSSR count). The number of tetrazole rings is 1. The number of aromatic amines is 1. The van der Waals surface area contributed by atoms with Gasteiger partial charge in [-0.2, -0.15) is 5.21 Å². The van der Waals surface area contributed by atoms with Crippen LogP contribution in [0.4, 0.5) is 17.3 Å². The third-order valence-electron chi connectivity index (χ3n) is 2.56. The molecule has 3 aromatic rings. The monoisotopic (exact) mass is 237 g/mol. The standard InChI is InChI=1S/C13H11N5/c1-3-7-11(8-4-1)18(13-14-16-17-15-13)12-9-5-2-6-10-12/h1-10H,(H,14,15,16,17). The highest BCUT2D eigenvalue weighted by molar-refractivity contribution is 5.71. The Labute approximate surface area is 104 Å². The molecule has 1 aromatic heterocycles. The van der Waals surface area contributed by atoms with Crippen LogP contribution in [0.25, 0.3) is 0 Å². The van der Waals surface area contributed by atoms with E-state index in [1.165, 1.54) is 0 Å². The molecule has 0 aliphatic heterocycles. The zero-order chi connectivity index (χ0) is 12.2. The molecule has 1 heterocycles. The fraction of sp³-hybridized carbons (Fsp3) is 0. The molecule has 5 heteroatoms. The Morgan fingerprint density at radius 2 is 1.33 bits per heavy atom. The van der Waals surface area contributed by atoms with E-state index in [1.807, 2.05) is 65.6 Å². The predicted molar refractivity (Wildman–Crippen MR) is 68.9 cm³/mol. The minimum absolute atomic E-state index is 0.521. The number of para-hydroxylation sites is 2. The number of anilines is 3. The summed E-state index contributed by atoms with van der Waals surface area (Å²) < 4.78 is 0. The number of benzene rings is 2. The normalized spacial score (nSPS) is 10.2. The van der Waals surface area contributed by atoms with Crippen LogP contribution in [0.15, 0.2) is 60.7 Å². The highest BCUT2D eigenvalue weighted by atomic mass is 15.5. The Kier molecular flexibility index (Phi) is 2.71. The highest BCUT2D eigenvalue weighted by Crippen LogP contribution is 2.30. The Bertz CT molecular complexity index is 552. The second-order valence-electron chi connectivity index (χ2n) is 3.72. The smallest absolute Gasteiger partial charge is 0.274 e. The fourth-order valence-corrected chi connectivity index (χ4v) is 1.79. The highest BCUT2D eigenvalue weighted by Gasteiger charge is 2.14. The molecule has 0 spiro atoms.